The zero-order chi connectivity index (χ0) is 35.7. The van der Waals surface area contributed by atoms with Gasteiger partial charge in [-0.3, -0.25) is 9.59 Å². The van der Waals surface area contributed by atoms with Crippen molar-refractivity contribution in [3.8, 4) is 17.2 Å². The number of carboxylic acid groups (broad SMARTS) is 1. The molecule has 48 heavy (non-hydrogen) atoms. The van der Waals surface area contributed by atoms with Gasteiger partial charge in [-0.25, -0.2) is 4.79 Å². The van der Waals surface area contributed by atoms with E-state index in [1.807, 2.05) is 52.8 Å². The molecule has 0 amide bonds. The molecule has 0 saturated carbocycles. The second kappa shape index (κ2) is 14.3. The number of phenols is 1. The molecule has 1 aliphatic carbocycles. The van der Waals surface area contributed by atoms with Crippen molar-refractivity contribution in [2.24, 2.45) is 17.8 Å². The first-order chi connectivity index (χ1) is 22.4. The number of hydrogen-bond donors (Lipinski definition) is 3. The SMILES string of the molecule is CC(C)=CCCC1(C)C=Cc2c(O)c3c(c(CC=C(C)C)c2O1)OC1C(C(C)C)=CCC(C(=O)C(C)(O)C/C=C(/C)C(=O)O)CC1C3=O. The van der Waals surface area contributed by atoms with Gasteiger partial charge in [-0.1, -0.05) is 49.3 Å². The number of benzene rings is 1. The van der Waals surface area contributed by atoms with Gasteiger partial charge in [0.2, 0.25) is 0 Å². The predicted octanol–water partition coefficient (Wildman–Crippen LogP) is 8.11. The Morgan fingerprint density at radius 2 is 1.75 bits per heavy atom. The Kier molecular flexibility index (Phi) is 11.0. The Hall–Kier alpha value is -3.91. The van der Waals surface area contributed by atoms with Crippen molar-refractivity contribution >= 4 is 23.6 Å². The number of rotatable bonds is 11. The van der Waals surface area contributed by atoms with Gasteiger partial charge < -0.3 is 24.8 Å². The third-order valence-corrected chi connectivity index (χ3v) is 9.77. The van der Waals surface area contributed by atoms with Crippen molar-refractivity contribution in [3.05, 3.63) is 69.4 Å². The number of allylic oxidation sites excluding steroid dienone is 5. The maximum atomic E-state index is 14.6. The number of Topliss-reactive ketones (excluding diaryl/α,β-unsaturated/α-hetero) is 2. The lowest BCUT2D eigenvalue weighted by molar-refractivity contribution is -0.140. The number of aromatic hydroxyl groups is 1. The molecular weight excluding hydrogens is 608 g/mol. The highest BCUT2D eigenvalue weighted by Crippen LogP contribution is 2.53. The van der Waals surface area contributed by atoms with Gasteiger partial charge in [0.25, 0.3) is 0 Å². The van der Waals surface area contributed by atoms with Crippen LogP contribution in [0.5, 0.6) is 17.2 Å². The third-order valence-electron chi connectivity index (χ3n) is 9.77. The lowest BCUT2D eigenvalue weighted by Crippen LogP contribution is -2.44. The average Bonchev–Trinajstić information content (AvgIpc) is 3.19. The first kappa shape index (κ1) is 36.9. The highest BCUT2D eigenvalue weighted by Gasteiger charge is 2.48. The van der Waals surface area contributed by atoms with E-state index >= 15 is 0 Å². The van der Waals surface area contributed by atoms with E-state index < -0.39 is 40.9 Å². The molecule has 8 heteroatoms. The number of hydrogen-bond acceptors (Lipinski definition) is 7. The molecule has 0 radical (unpaired) electrons. The molecule has 0 fully saturated rings. The smallest absolute Gasteiger partial charge is 0.330 e. The zero-order valence-electron chi connectivity index (χ0n) is 29.9. The van der Waals surface area contributed by atoms with E-state index in [4.69, 9.17) is 9.47 Å². The highest BCUT2D eigenvalue weighted by molar-refractivity contribution is 6.07. The monoisotopic (exact) mass is 660 g/mol. The number of ether oxygens (including phenoxy) is 2. The van der Waals surface area contributed by atoms with Gasteiger partial charge in [-0.2, -0.15) is 0 Å². The van der Waals surface area contributed by atoms with Crippen molar-refractivity contribution < 1.29 is 39.2 Å². The molecular formula is C40H52O8. The predicted molar refractivity (Wildman–Crippen MR) is 187 cm³/mol. The van der Waals surface area contributed by atoms with E-state index in [0.29, 0.717) is 35.5 Å². The van der Waals surface area contributed by atoms with Gasteiger partial charge in [-0.15, -0.1) is 0 Å². The van der Waals surface area contributed by atoms with Crippen LogP contribution in [0.4, 0.5) is 0 Å². The van der Waals surface area contributed by atoms with Crippen LogP contribution in [-0.4, -0.2) is 50.2 Å². The Morgan fingerprint density at radius 1 is 1.08 bits per heavy atom. The Balaban J connectivity index is 1.81. The molecule has 4 rings (SSSR count). The lowest BCUT2D eigenvalue weighted by atomic mass is 9.75. The fourth-order valence-electron chi connectivity index (χ4n) is 6.81. The molecule has 260 valence electrons. The van der Waals surface area contributed by atoms with E-state index in [1.54, 1.807) is 0 Å². The van der Waals surface area contributed by atoms with Crippen molar-refractivity contribution in [1.29, 1.82) is 0 Å². The summed E-state index contributed by atoms with van der Waals surface area (Å²) in [7, 11) is 0. The first-order valence-electron chi connectivity index (χ1n) is 17.0. The van der Waals surface area contributed by atoms with Gasteiger partial charge >= 0.3 is 5.97 Å². The van der Waals surface area contributed by atoms with Gasteiger partial charge in [0.1, 0.15) is 40.1 Å². The largest absolute Gasteiger partial charge is 0.506 e. The average molecular weight is 661 g/mol. The third kappa shape index (κ3) is 7.70. The minimum absolute atomic E-state index is 0.00706. The van der Waals surface area contributed by atoms with Crippen LogP contribution in [0, 0.1) is 17.8 Å². The zero-order valence-corrected chi connectivity index (χ0v) is 29.9. The fourth-order valence-corrected chi connectivity index (χ4v) is 6.81. The summed E-state index contributed by atoms with van der Waals surface area (Å²) in [5, 5.41) is 32.2. The van der Waals surface area contributed by atoms with E-state index in [0.717, 1.165) is 24.0 Å². The van der Waals surface area contributed by atoms with Crippen LogP contribution in [0.15, 0.2) is 52.7 Å². The highest BCUT2D eigenvalue weighted by atomic mass is 16.5. The molecule has 1 aromatic rings. The summed E-state index contributed by atoms with van der Waals surface area (Å²) in [6.45, 7) is 17.0. The molecule has 0 aromatic heterocycles. The molecule has 2 heterocycles. The minimum Gasteiger partial charge on any atom is -0.506 e. The summed E-state index contributed by atoms with van der Waals surface area (Å²) in [5.74, 6) is -2.77. The number of carbonyl (C=O) groups is 3. The van der Waals surface area contributed by atoms with Gasteiger partial charge in [-0.05, 0) is 104 Å². The van der Waals surface area contributed by atoms with Crippen molar-refractivity contribution in [3.63, 3.8) is 0 Å². The maximum Gasteiger partial charge on any atom is 0.330 e. The van der Waals surface area contributed by atoms with Crippen LogP contribution in [0.25, 0.3) is 6.08 Å². The minimum atomic E-state index is -1.83. The van der Waals surface area contributed by atoms with E-state index in [2.05, 4.69) is 26.0 Å². The Bertz CT molecular complexity index is 1620. The molecule has 0 bridgehead atoms. The van der Waals surface area contributed by atoms with Crippen molar-refractivity contribution in [2.45, 2.75) is 118 Å². The number of aliphatic hydroxyl groups is 1. The molecule has 3 N–H and O–H groups in total. The molecule has 0 spiro atoms. The summed E-state index contributed by atoms with van der Waals surface area (Å²) >= 11 is 0. The normalized spacial score (nSPS) is 24.5. The number of ketones is 2. The molecule has 2 aliphatic heterocycles. The fraction of sp³-hybridized carbons (Fsp3) is 0.525. The van der Waals surface area contributed by atoms with Gasteiger partial charge in [0.05, 0.1) is 11.5 Å². The van der Waals surface area contributed by atoms with Crippen molar-refractivity contribution in [1.82, 2.24) is 0 Å². The summed E-state index contributed by atoms with van der Waals surface area (Å²) in [6, 6.07) is 0. The molecule has 8 nitrogen and oxygen atoms in total. The number of fused-ring (bicyclic) bond motifs is 3. The summed E-state index contributed by atoms with van der Waals surface area (Å²) < 4.78 is 13.5. The number of carboxylic acids is 1. The summed E-state index contributed by atoms with van der Waals surface area (Å²) in [5.41, 5.74) is 2.00. The topological polar surface area (TPSA) is 130 Å². The number of phenolic OH excluding ortho intramolecular Hbond substituents is 1. The second-order valence-corrected chi connectivity index (χ2v) is 14.9. The molecule has 0 saturated heterocycles. The van der Waals surface area contributed by atoms with Crippen LogP contribution in [0.3, 0.4) is 0 Å². The molecule has 5 unspecified atom stereocenters. The van der Waals surface area contributed by atoms with Crippen LogP contribution in [-0.2, 0) is 16.0 Å². The quantitative estimate of drug-likeness (QED) is 0.160. The number of aliphatic carboxylic acids is 1. The van der Waals surface area contributed by atoms with Crippen LogP contribution < -0.4 is 9.47 Å². The summed E-state index contributed by atoms with van der Waals surface area (Å²) in [4.78, 5) is 39.7. The van der Waals surface area contributed by atoms with Gasteiger partial charge in [0.15, 0.2) is 11.6 Å². The van der Waals surface area contributed by atoms with Gasteiger partial charge in [0, 0.05) is 23.5 Å². The molecule has 5 atom stereocenters. The Labute approximate surface area is 284 Å². The lowest BCUT2D eigenvalue weighted by Gasteiger charge is -2.39. The maximum absolute atomic E-state index is 14.6. The first-order valence-corrected chi connectivity index (χ1v) is 17.0. The van der Waals surface area contributed by atoms with Crippen LogP contribution >= 0.6 is 0 Å². The van der Waals surface area contributed by atoms with Crippen LogP contribution in [0.2, 0.25) is 0 Å². The second-order valence-electron chi connectivity index (χ2n) is 14.9. The number of carbonyl (C=O) groups excluding carboxylic acids is 2. The molecule has 1 aromatic carbocycles. The Morgan fingerprint density at radius 3 is 2.35 bits per heavy atom. The van der Waals surface area contributed by atoms with E-state index in [-0.39, 0.29) is 41.4 Å². The van der Waals surface area contributed by atoms with Crippen LogP contribution in [0.1, 0.15) is 116 Å². The van der Waals surface area contributed by atoms with E-state index in [9.17, 15) is 29.7 Å². The standard InChI is InChI=1S/C40H52O8/c1-22(2)11-10-18-39(8)19-17-28-32(41)31-33(42)30-21-26(37(43)40(9,46)20-16-25(7)38(44)45)13-15-27(24(5)6)34(30)47-36(31)29(35(28)48-39)14-12-23(3)4/h11-12,15-17,19,24,26,30,34,41,46H,10,13-14,18,20-21H2,1-9H3,(H,44,45)/b25-16-. The summed E-state index contributed by atoms with van der Waals surface area (Å²) in [6.07, 6.45) is 12.9. The molecule has 3 aliphatic rings. The van der Waals surface area contributed by atoms with E-state index in [1.165, 1.54) is 25.5 Å². The van der Waals surface area contributed by atoms with Crippen molar-refractivity contribution in [2.75, 3.05) is 0 Å².